The van der Waals surface area contributed by atoms with Crippen molar-refractivity contribution in [2.45, 2.75) is 13.3 Å². The second kappa shape index (κ2) is 12.1. The van der Waals surface area contributed by atoms with Crippen LogP contribution >= 0.6 is 34.2 Å². The van der Waals surface area contributed by atoms with Crippen molar-refractivity contribution in [1.29, 1.82) is 0 Å². The number of para-hydroxylation sites is 2. The van der Waals surface area contributed by atoms with Crippen LogP contribution in [-0.4, -0.2) is 24.5 Å². The summed E-state index contributed by atoms with van der Waals surface area (Å²) in [6.07, 6.45) is 2.08. The van der Waals surface area contributed by atoms with E-state index in [1.165, 1.54) is 6.08 Å². The Balaban J connectivity index is 1.61. The van der Waals surface area contributed by atoms with Crippen LogP contribution in [0.3, 0.4) is 0 Å². The number of hydrogen-bond donors (Lipinski definition) is 0. The van der Waals surface area contributed by atoms with Gasteiger partial charge in [-0.3, -0.25) is 9.59 Å². The fourth-order valence-corrected chi connectivity index (χ4v) is 5.53. The first-order valence-corrected chi connectivity index (χ1v) is 14.1. The van der Waals surface area contributed by atoms with Gasteiger partial charge in [-0.1, -0.05) is 66.2 Å². The van der Waals surface area contributed by atoms with Gasteiger partial charge in [-0.25, -0.2) is 14.6 Å². The zero-order chi connectivity index (χ0) is 28.2. The van der Waals surface area contributed by atoms with E-state index in [2.05, 4.69) is 22.6 Å². The van der Waals surface area contributed by atoms with Crippen molar-refractivity contribution < 1.29 is 19.1 Å². The molecule has 0 N–H and O–H groups in total. The molecule has 5 rings (SSSR count). The third-order valence-corrected chi connectivity index (χ3v) is 7.72. The van der Waals surface area contributed by atoms with E-state index in [-0.39, 0.29) is 5.57 Å². The molecule has 1 aliphatic rings. The Kier molecular flexibility index (Phi) is 8.32. The molecule has 1 saturated heterocycles. The van der Waals surface area contributed by atoms with E-state index in [4.69, 9.17) is 16.3 Å². The minimum absolute atomic E-state index is 0.135. The number of halogens is 2. The van der Waals surface area contributed by atoms with Gasteiger partial charge in [0.25, 0.3) is 11.8 Å². The molecule has 8 heteroatoms. The summed E-state index contributed by atoms with van der Waals surface area (Å²) in [6, 6.07) is 27.8. The maximum absolute atomic E-state index is 13.7. The predicted molar refractivity (Wildman–Crippen MR) is 166 cm³/mol. The second-order valence-electron chi connectivity index (χ2n) is 8.97. The lowest BCUT2D eigenvalue weighted by molar-refractivity contribution is -0.121. The summed E-state index contributed by atoms with van der Waals surface area (Å²) in [7, 11) is 0. The zero-order valence-corrected chi connectivity index (χ0v) is 24.4. The number of rotatable bonds is 7. The van der Waals surface area contributed by atoms with E-state index < -0.39 is 17.8 Å². The number of imide groups is 2. The average Bonchev–Trinajstić information content (AvgIpc) is 2.95. The average molecular weight is 663 g/mol. The molecule has 6 nitrogen and oxygen atoms in total. The van der Waals surface area contributed by atoms with E-state index in [1.54, 1.807) is 60.7 Å². The van der Waals surface area contributed by atoms with Crippen molar-refractivity contribution in [1.82, 2.24) is 0 Å². The number of ether oxygens (including phenoxy) is 1. The first-order chi connectivity index (χ1) is 19.4. The van der Waals surface area contributed by atoms with Crippen LogP contribution in [0.2, 0.25) is 5.02 Å². The number of anilines is 2. The molecule has 0 bridgehead atoms. The summed E-state index contributed by atoms with van der Waals surface area (Å²) in [5.74, 6) is -0.754. The van der Waals surface area contributed by atoms with Gasteiger partial charge in [0.15, 0.2) is 0 Å². The van der Waals surface area contributed by atoms with Crippen molar-refractivity contribution >= 4 is 69.5 Å². The van der Waals surface area contributed by atoms with Gasteiger partial charge in [0, 0.05) is 20.6 Å². The van der Waals surface area contributed by atoms with Gasteiger partial charge < -0.3 is 4.74 Å². The van der Waals surface area contributed by atoms with Crippen LogP contribution < -0.4 is 14.5 Å². The topological polar surface area (TPSA) is 66.9 Å². The summed E-state index contributed by atoms with van der Waals surface area (Å²) in [5.41, 5.74) is 3.12. The highest BCUT2D eigenvalue weighted by molar-refractivity contribution is 14.1. The Morgan fingerprint density at radius 1 is 0.800 bits per heavy atom. The molecule has 200 valence electrons. The number of urea groups is 1. The standard InChI is InChI=1S/C32H24ClIN2O4/c1-2-40-29-19-21(18-28(34)25(29)20-22-11-9-10-16-27(22)33)17-26-30(37)35(23-12-5-3-6-13-23)32(39)36(31(26)38)24-14-7-4-8-15-24/h3-19H,2,20H2,1H3. The number of barbiturate groups is 1. The van der Waals surface area contributed by atoms with Crippen molar-refractivity contribution in [2.75, 3.05) is 16.4 Å². The van der Waals surface area contributed by atoms with Crippen molar-refractivity contribution in [3.8, 4) is 5.75 Å². The molecular formula is C32H24ClIN2O4. The molecule has 0 saturated carbocycles. The fourth-order valence-electron chi connectivity index (χ4n) is 4.51. The van der Waals surface area contributed by atoms with Gasteiger partial charge in [0.2, 0.25) is 0 Å². The number of carbonyl (C=O) groups is 3. The van der Waals surface area contributed by atoms with Gasteiger partial charge in [-0.2, -0.15) is 0 Å². The first-order valence-electron chi connectivity index (χ1n) is 12.6. The molecule has 0 unspecified atom stereocenters. The van der Waals surface area contributed by atoms with Crippen LogP contribution in [-0.2, 0) is 16.0 Å². The molecule has 1 heterocycles. The normalized spacial score (nSPS) is 13.6. The third-order valence-electron chi connectivity index (χ3n) is 6.39. The minimum Gasteiger partial charge on any atom is -0.494 e. The summed E-state index contributed by atoms with van der Waals surface area (Å²) >= 11 is 8.65. The molecular weight excluding hydrogens is 639 g/mol. The smallest absolute Gasteiger partial charge is 0.343 e. The van der Waals surface area contributed by atoms with E-state index in [0.29, 0.717) is 40.7 Å². The molecule has 1 aliphatic heterocycles. The summed E-state index contributed by atoms with van der Waals surface area (Å²) in [6.45, 7) is 2.33. The number of amides is 4. The zero-order valence-electron chi connectivity index (χ0n) is 21.5. The summed E-state index contributed by atoms with van der Waals surface area (Å²) in [5, 5.41) is 0.664. The highest BCUT2D eigenvalue weighted by Crippen LogP contribution is 2.34. The van der Waals surface area contributed by atoms with Crippen LogP contribution in [0.15, 0.2) is 103 Å². The molecule has 0 aromatic heterocycles. The maximum atomic E-state index is 13.7. The SMILES string of the molecule is CCOc1cc(C=C2C(=O)N(c3ccccc3)C(=O)N(c3ccccc3)C2=O)cc(I)c1Cc1ccccc1Cl. The predicted octanol–water partition coefficient (Wildman–Crippen LogP) is 7.52. The number of nitrogens with zero attached hydrogens (tertiary/aromatic N) is 2. The Bertz CT molecular complexity index is 1560. The van der Waals surface area contributed by atoms with Crippen LogP contribution in [0.1, 0.15) is 23.6 Å². The molecule has 0 aliphatic carbocycles. The minimum atomic E-state index is -0.732. The van der Waals surface area contributed by atoms with Crippen LogP contribution in [0.4, 0.5) is 16.2 Å². The van der Waals surface area contributed by atoms with Crippen LogP contribution in [0.25, 0.3) is 6.08 Å². The van der Waals surface area contributed by atoms with Gasteiger partial charge in [-0.05, 0) is 89.2 Å². The van der Waals surface area contributed by atoms with Crippen molar-refractivity contribution in [2.24, 2.45) is 0 Å². The highest BCUT2D eigenvalue weighted by atomic mass is 127. The number of hydrogen-bond acceptors (Lipinski definition) is 4. The number of benzene rings is 4. The van der Waals surface area contributed by atoms with Crippen molar-refractivity contribution in [3.05, 3.63) is 128 Å². The van der Waals surface area contributed by atoms with E-state index in [1.807, 2.05) is 43.3 Å². The fraction of sp³-hybridized carbons (Fsp3) is 0.0938. The quantitative estimate of drug-likeness (QED) is 0.117. The molecule has 4 amide bonds. The molecule has 0 atom stereocenters. The largest absolute Gasteiger partial charge is 0.494 e. The molecule has 0 spiro atoms. The lowest BCUT2D eigenvalue weighted by atomic mass is 10.00. The van der Waals surface area contributed by atoms with E-state index >= 15 is 0 Å². The van der Waals surface area contributed by atoms with Crippen LogP contribution in [0, 0.1) is 3.57 Å². The third kappa shape index (κ3) is 5.52. The summed E-state index contributed by atoms with van der Waals surface area (Å²) < 4.78 is 6.88. The molecule has 1 fully saturated rings. The Morgan fingerprint density at radius 2 is 1.35 bits per heavy atom. The van der Waals surface area contributed by atoms with Gasteiger partial charge in [0.05, 0.1) is 18.0 Å². The highest BCUT2D eigenvalue weighted by Gasteiger charge is 2.43. The molecule has 4 aromatic rings. The van der Waals surface area contributed by atoms with Crippen molar-refractivity contribution in [3.63, 3.8) is 0 Å². The van der Waals surface area contributed by atoms with Crippen LogP contribution in [0.5, 0.6) is 5.75 Å². The Labute approximate surface area is 251 Å². The lowest BCUT2D eigenvalue weighted by Gasteiger charge is -2.34. The lowest BCUT2D eigenvalue weighted by Crippen LogP contribution is -2.57. The number of carbonyl (C=O) groups excluding carboxylic acids is 3. The van der Waals surface area contributed by atoms with Gasteiger partial charge in [0.1, 0.15) is 11.3 Å². The second-order valence-corrected chi connectivity index (χ2v) is 10.5. The monoisotopic (exact) mass is 662 g/mol. The Morgan fingerprint density at radius 3 is 1.90 bits per heavy atom. The molecule has 4 aromatic carbocycles. The van der Waals surface area contributed by atoms with Gasteiger partial charge >= 0.3 is 6.03 Å². The molecule has 0 radical (unpaired) electrons. The maximum Gasteiger partial charge on any atom is 0.343 e. The van der Waals surface area contributed by atoms with E-state index in [9.17, 15) is 14.4 Å². The first kappa shape index (κ1) is 27.6. The molecule has 40 heavy (non-hydrogen) atoms. The Hall–Kier alpha value is -3.95. The van der Waals surface area contributed by atoms with E-state index in [0.717, 1.165) is 24.5 Å². The van der Waals surface area contributed by atoms with Gasteiger partial charge in [-0.15, -0.1) is 0 Å². The summed E-state index contributed by atoms with van der Waals surface area (Å²) in [4.78, 5) is 43.0.